The van der Waals surface area contributed by atoms with Crippen molar-refractivity contribution in [1.82, 2.24) is 19.4 Å². The largest absolute Gasteiger partial charge is 0.355 e. The zero-order valence-corrected chi connectivity index (χ0v) is 19.8. The number of fused-ring (bicyclic) bond motifs is 3. The van der Waals surface area contributed by atoms with Crippen LogP contribution in [0.3, 0.4) is 0 Å². The fourth-order valence-corrected chi connectivity index (χ4v) is 4.54. The number of hydrogen-bond acceptors (Lipinski definition) is 3. The van der Waals surface area contributed by atoms with Crippen LogP contribution in [0.15, 0.2) is 90.0 Å². The van der Waals surface area contributed by atoms with E-state index in [0.29, 0.717) is 24.1 Å². The zero-order valence-electron chi connectivity index (χ0n) is 19.8. The lowest BCUT2D eigenvalue weighted by molar-refractivity contribution is -0.121. The second-order valence-electron chi connectivity index (χ2n) is 8.91. The number of rotatable bonds is 8. The van der Waals surface area contributed by atoms with E-state index in [4.69, 9.17) is 0 Å². The van der Waals surface area contributed by atoms with E-state index in [0.717, 1.165) is 34.9 Å². The molecule has 2 aromatic heterocycles. The van der Waals surface area contributed by atoms with Crippen molar-refractivity contribution in [2.24, 2.45) is 0 Å². The molecule has 1 amide bonds. The monoisotopic (exact) mass is 464 g/mol. The van der Waals surface area contributed by atoms with E-state index in [9.17, 15) is 9.59 Å². The van der Waals surface area contributed by atoms with Crippen molar-refractivity contribution in [2.45, 2.75) is 32.9 Å². The molecular weight excluding hydrogens is 436 g/mol. The summed E-state index contributed by atoms with van der Waals surface area (Å²) in [5.74, 6) is -0.115. The normalized spacial score (nSPS) is 11.2. The van der Waals surface area contributed by atoms with Crippen LogP contribution in [-0.2, 0) is 24.3 Å². The van der Waals surface area contributed by atoms with Gasteiger partial charge in [-0.05, 0) is 43.0 Å². The molecule has 6 nitrogen and oxygen atoms in total. The van der Waals surface area contributed by atoms with Gasteiger partial charge in [0.05, 0.1) is 18.4 Å². The maximum Gasteiger partial charge on any atom is 0.278 e. The summed E-state index contributed by atoms with van der Waals surface area (Å²) >= 11 is 0. The van der Waals surface area contributed by atoms with Crippen LogP contribution in [0.5, 0.6) is 0 Å². The second kappa shape index (κ2) is 9.97. The van der Waals surface area contributed by atoms with E-state index in [2.05, 4.69) is 22.4 Å². The van der Waals surface area contributed by atoms with Crippen LogP contribution < -0.4 is 10.9 Å². The Balaban J connectivity index is 1.42. The molecule has 0 bridgehead atoms. The summed E-state index contributed by atoms with van der Waals surface area (Å²) in [5.41, 5.74) is 5.14. The number of hydrogen-bond donors (Lipinski definition) is 1. The predicted molar refractivity (Wildman–Crippen MR) is 140 cm³/mol. The van der Waals surface area contributed by atoms with Crippen LogP contribution >= 0.6 is 0 Å². The number of nitrogens with one attached hydrogen (secondary N) is 1. The van der Waals surface area contributed by atoms with Crippen LogP contribution in [0.25, 0.3) is 21.9 Å². The highest BCUT2D eigenvalue weighted by atomic mass is 16.2. The summed E-state index contributed by atoms with van der Waals surface area (Å²) in [4.78, 5) is 31.1. The Morgan fingerprint density at radius 3 is 2.40 bits per heavy atom. The van der Waals surface area contributed by atoms with Gasteiger partial charge < -0.3 is 9.88 Å². The van der Waals surface area contributed by atoms with E-state index in [1.807, 2.05) is 78.2 Å². The Morgan fingerprint density at radius 2 is 1.66 bits per heavy atom. The van der Waals surface area contributed by atoms with Crippen LogP contribution in [0.4, 0.5) is 0 Å². The van der Waals surface area contributed by atoms with Gasteiger partial charge in [-0.15, -0.1) is 0 Å². The standard InChI is InChI=1S/C29H28N4O2/c1-21-14-15-25-24(17-21)27-28(29(35)32(20-31-27)18-23-11-6-3-7-12-23)33(25)19-26(34)30-16-8-13-22-9-4-2-5-10-22/h2-7,9-12,14-15,17,20H,8,13,16,18-19H2,1H3,(H,30,34). The Labute approximate surface area is 203 Å². The molecule has 0 saturated carbocycles. The molecule has 0 radical (unpaired) electrons. The van der Waals surface area contributed by atoms with Crippen molar-refractivity contribution in [3.63, 3.8) is 0 Å². The van der Waals surface area contributed by atoms with E-state index in [-0.39, 0.29) is 18.0 Å². The van der Waals surface area contributed by atoms with Gasteiger partial charge in [-0.25, -0.2) is 4.98 Å². The van der Waals surface area contributed by atoms with Crippen molar-refractivity contribution in [1.29, 1.82) is 0 Å². The van der Waals surface area contributed by atoms with Crippen LogP contribution in [0.1, 0.15) is 23.1 Å². The summed E-state index contributed by atoms with van der Waals surface area (Å²) < 4.78 is 3.42. The summed E-state index contributed by atoms with van der Waals surface area (Å²) in [6, 6.07) is 26.1. The average molecular weight is 465 g/mol. The maximum absolute atomic E-state index is 13.6. The van der Waals surface area contributed by atoms with Gasteiger partial charge in [-0.1, -0.05) is 72.3 Å². The first-order valence-electron chi connectivity index (χ1n) is 11.9. The molecule has 0 saturated heterocycles. The molecule has 0 aliphatic rings. The fraction of sp³-hybridized carbons (Fsp3) is 0.207. The lowest BCUT2D eigenvalue weighted by atomic mass is 10.1. The highest BCUT2D eigenvalue weighted by Gasteiger charge is 2.18. The first-order valence-corrected chi connectivity index (χ1v) is 11.9. The van der Waals surface area contributed by atoms with Crippen molar-refractivity contribution in [2.75, 3.05) is 6.54 Å². The maximum atomic E-state index is 13.6. The quantitative estimate of drug-likeness (QED) is 0.345. The SMILES string of the molecule is Cc1ccc2c(c1)c1ncn(Cc3ccccc3)c(=O)c1n2CC(=O)NCCCc1ccccc1. The summed E-state index contributed by atoms with van der Waals surface area (Å²) in [6.45, 7) is 3.09. The molecule has 0 unspecified atom stereocenters. The molecule has 0 spiro atoms. The minimum absolute atomic E-state index is 0.0701. The third kappa shape index (κ3) is 4.87. The number of amides is 1. The zero-order chi connectivity index (χ0) is 24.2. The second-order valence-corrected chi connectivity index (χ2v) is 8.91. The van der Waals surface area contributed by atoms with Crippen molar-refractivity contribution in [3.05, 3.63) is 112 Å². The number of aryl methyl sites for hydroxylation is 2. The fourth-order valence-electron chi connectivity index (χ4n) is 4.54. The summed E-state index contributed by atoms with van der Waals surface area (Å²) in [6.07, 6.45) is 3.37. The molecule has 0 aliphatic carbocycles. The third-order valence-electron chi connectivity index (χ3n) is 6.29. The summed E-state index contributed by atoms with van der Waals surface area (Å²) in [7, 11) is 0. The molecular formula is C29H28N4O2. The number of carbonyl (C=O) groups excluding carboxylic acids is 1. The van der Waals surface area contributed by atoms with Gasteiger partial charge in [-0.3, -0.25) is 14.2 Å². The van der Waals surface area contributed by atoms with Crippen molar-refractivity contribution < 1.29 is 4.79 Å². The molecule has 3 aromatic carbocycles. The molecule has 1 N–H and O–H groups in total. The summed E-state index contributed by atoms with van der Waals surface area (Å²) in [5, 5.41) is 3.91. The minimum atomic E-state index is -0.149. The third-order valence-corrected chi connectivity index (χ3v) is 6.29. The molecule has 35 heavy (non-hydrogen) atoms. The lowest BCUT2D eigenvalue weighted by Gasteiger charge is -2.10. The molecule has 6 heteroatoms. The van der Waals surface area contributed by atoms with Crippen LogP contribution in [0.2, 0.25) is 0 Å². The number of aromatic nitrogens is 3. The Hall–Kier alpha value is -4.19. The van der Waals surface area contributed by atoms with Gasteiger partial charge in [-0.2, -0.15) is 0 Å². The molecule has 2 heterocycles. The van der Waals surface area contributed by atoms with Gasteiger partial charge in [0.1, 0.15) is 17.6 Å². The van der Waals surface area contributed by atoms with Gasteiger partial charge in [0.15, 0.2) is 0 Å². The highest BCUT2D eigenvalue weighted by Crippen LogP contribution is 2.26. The van der Waals surface area contributed by atoms with Crippen LogP contribution in [0, 0.1) is 6.92 Å². The lowest BCUT2D eigenvalue weighted by Crippen LogP contribution is -2.30. The average Bonchev–Trinajstić information content (AvgIpc) is 3.18. The smallest absolute Gasteiger partial charge is 0.278 e. The minimum Gasteiger partial charge on any atom is -0.355 e. The van der Waals surface area contributed by atoms with E-state index >= 15 is 0 Å². The number of nitrogens with zero attached hydrogens (tertiary/aromatic N) is 3. The Bertz CT molecular complexity index is 1540. The van der Waals surface area contributed by atoms with E-state index in [1.165, 1.54) is 5.56 Å². The van der Waals surface area contributed by atoms with Crippen LogP contribution in [-0.4, -0.2) is 26.6 Å². The van der Waals surface area contributed by atoms with Gasteiger partial charge in [0.25, 0.3) is 5.56 Å². The van der Waals surface area contributed by atoms with Gasteiger partial charge in [0, 0.05) is 11.9 Å². The Morgan fingerprint density at radius 1 is 0.943 bits per heavy atom. The molecule has 176 valence electrons. The number of carbonyl (C=O) groups is 1. The molecule has 0 aliphatic heterocycles. The molecule has 0 fully saturated rings. The first-order chi connectivity index (χ1) is 17.1. The molecule has 5 aromatic rings. The predicted octanol–water partition coefficient (Wildman–Crippen LogP) is 4.46. The van der Waals surface area contributed by atoms with Gasteiger partial charge >= 0.3 is 0 Å². The van der Waals surface area contributed by atoms with E-state index in [1.54, 1.807) is 10.9 Å². The van der Waals surface area contributed by atoms with E-state index < -0.39 is 0 Å². The first kappa shape index (κ1) is 22.6. The van der Waals surface area contributed by atoms with Gasteiger partial charge in [0.2, 0.25) is 5.91 Å². The number of benzene rings is 3. The topological polar surface area (TPSA) is 68.9 Å². The Kier molecular flexibility index (Phi) is 6.44. The molecule has 0 atom stereocenters. The van der Waals surface area contributed by atoms with Crippen molar-refractivity contribution in [3.8, 4) is 0 Å². The van der Waals surface area contributed by atoms with Crippen molar-refractivity contribution >= 4 is 27.8 Å². The highest BCUT2D eigenvalue weighted by molar-refractivity contribution is 6.06. The molecule has 5 rings (SSSR count).